The number of fused-ring (bicyclic) bond motifs is 1. The highest BCUT2D eigenvalue weighted by molar-refractivity contribution is 8.00. The number of amides is 1. The van der Waals surface area contributed by atoms with Gasteiger partial charge in [-0.25, -0.2) is 4.79 Å². The van der Waals surface area contributed by atoms with Gasteiger partial charge < -0.3 is 10.0 Å². The Labute approximate surface area is 117 Å². The van der Waals surface area contributed by atoms with E-state index in [1.807, 2.05) is 0 Å². The summed E-state index contributed by atoms with van der Waals surface area (Å²) in [5, 5.41) is 9.44. The summed E-state index contributed by atoms with van der Waals surface area (Å²) in [6, 6.07) is -0.370. The molecule has 0 aromatic rings. The number of likely N-dealkylation sites (tertiary alicyclic amines) is 1. The fraction of sp³-hybridized carbons (Fsp3) is 0.857. The molecule has 2 saturated heterocycles. The van der Waals surface area contributed by atoms with Crippen LogP contribution in [0.5, 0.6) is 0 Å². The van der Waals surface area contributed by atoms with Gasteiger partial charge >= 0.3 is 5.97 Å². The van der Waals surface area contributed by atoms with Crippen molar-refractivity contribution in [3.05, 3.63) is 0 Å². The second-order valence-electron chi connectivity index (χ2n) is 5.95. The first-order chi connectivity index (χ1) is 9.18. The zero-order valence-corrected chi connectivity index (χ0v) is 11.9. The lowest BCUT2D eigenvalue weighted by atomic mass is 9.84. The average molecular weight is 283 g/mol. The number of carbonyl (C=O) groups is 2. The van der Waals surface area contributed by atoms with Crippen molar-refractivity contribution in [1.82, 2.24) is 4.90 Å². The quantitative estimate of drug-likeness (QED) is 0.843. The number of carboxylic acid groups (broad SMARTS) is 1. The average Bonchev–Trinajstić information content (AvgIpc) is 3.05. The third kappa shape index (κ3) is 2.37. The molecular formula is C14H21NO3S. The minimum absolute atomic E-state index is 0.0162. The van der Waals surface area contributed by atoms with Gasteiger partial charge in [-0.3, -0.25) is 4.79 Å². The lowest BCUT2D eigenvalue weighted by Gasteiger charge is -2.34. The molecule has 4 nitrogen and oxygen atoms in total. The molecule has 3 fully saturated rings. The fourth-order valence-corrected chi connectivity index (χ4v) is 5.15. The summed E-state index contributed by atoms with van der Waals surface area (Å²) in [7, 11) is 0. The van der Waals surface area contributed by atoms with E-state index in [-0.39, 0.29) is 17.2 Å². The molecule has 1 aliphatic carbocycles. The Morgan fingerprint density at radius 2 is 1.89 bits per heavy atom. The third-order valence-electron chi connectivity index (χ3n) is 4.83. The highest BCUT2D eigenvalue weighted by Crippen LogP contribution is 2.41. The first-order valence-corrected chi connectivity index (χ1v) is 8.40. The number of nitrogens with zero attached hydrogens (tertiary/aromatic N) is 1. The van der Waals surface area contributed by atoms with Crippen LogP contribution in [-0.2, 0) is 9.59 Å². The molecule has 1 N–H and O–H groups in total. The van der Waals surface area contributed by atoms with E-state index in [1.54, 1.807) is 16.7 Å². The van der Waals surface area contributed by atoms with Gasteiger partial charge in [-0.1, -0.05) is 12.8 Å². The van der Waals surface area contributed by atoms with E-state index in [1.165, 1.54) is 6.42 Å². The van der Waals surface area contributed by atoms with Gasteiger partial charge in [0.05, 0.1) is 5.25 Å². The van der Waals surface area contributed by atoms with Crippen LogP contribution < -0.4 is 0 Å². The molecule has 19 heavy (non-hydrogen) atoms. The lowest BCUT2D eigenvalue weighted by Crippen LogP contribution is -2.49. The van der Waals surface area contributed by atoms with Crippen LogP contribution in [0.3, 0.4) is 0 Å². The first-order valence-electron chi connectivity index (χ1n) is 7.35. The maximum atomic E-state index is 12.7. The molecule has 1 saturated carbocycles. The predicted octanol–water partition coefficient (Wildman–Crippen LogP) is 2.13. The number of rotatable bonds is 2. The number of hydrogen-bond donors (Lipinski definition) is 1. The van der Waals surface area contributed by atoms with Gasteiger partial charge in [0.15, 0.2) is 0 Å². The van der Waals surface area contributed by atoms with Crippen LogP contribution in [0.2, 0.25) is 0 Å². The monoisotopic (exact) mass is 283 g/mol. The Morgan fingerprint density at radius 3 is 2.58 bits per heavy atom. The van der Waals surface area contributed by atoms with Gasteiger partial charge in [0.1, 0.15) is 6.04 Å². The van der Waals surface area contributed by atoms with Crippen molar-refractivity contribution >= 4 is 23.6 Å². The zero-order chi connectivity index (χ0) is 13.4. The standard InChI is InChI=1S/C14H21NO3S/c16-13(12-6-3-7-19-12)15-10-5-2-1-4-9(10)8-11(15)14(17)18/h9-12H,1-8H2,(H,17,18). The van der Waals surface area contributed by atoms with Crippen molar-refractivity contribution in [2.24, 2.45) is 5.92 Å². The fourth-order valence-electron chi connectivity index (χ4n) is 3.94. The molecule has 2 aliphatic heterocycles. The molecule has 5 heteroatoms. The molecular weight excluding hydrogens is 262 g/mol. The number of hydrogen-bond acceptors (Lipinski definition) is 3. The van der Waals surface area contributed by atoms with Crippen LogP contribution in [0, 0.1) is 5.92 Å². The SMILES string of the molecule is O=C(O)C1CC2CCCCC2N1C(=O)C1CCCS1. The van der Waals surface area contributed by atoms with Gasteiger partial charge in [0, 0.05) is 6.04 Å². The van der Waals surface area contributed by atoms with E-state index < -0.39 is 12.0 Å². The minimum Gasteiger partial charge on any atom is -0.480 e. The third-order valence-corrected chi connectivity index (χ3v) is 6.20. The lowest BCUT2D eigenvalue weighted by molar-refractivity contribution is -0.149. The van der Waals surface area contributed by atoms with Gasteiger partial charge in [-0.15, -0.1) is 11.8 Å². The van der Waals surface area contributed by atoms with Gasteiger partial charge in [0.25, 0.3) is 0 Å². The Hall–Kier alpha value is -0.710. The summed E-state index contributed by atoms with van der Waals surface area (Å²) in [4.78, 5) is 25.9. The predicted molar refractivity (Wildman–Crippen MR) is 74.1 cm³/mol. The van der Waals surface area contributed by atoms with E-state index in [2.05, 4.69) is 0 Å². The van der Waals surface area contributed by atoms with Crippen LogP contribution in [-0.4, -0.2) is 45.0 Å². The molecule has 0 aromatic heterocycles. The Balaban J connectivity index is 1.81. The molecule has 0 spiro atoms. The van der Waals surface area contributed by atoms with Gasteiger partial charge in [-0.2, -0.15) is 0 Å². The maximum Gasteiger partial charge on any atom is 0.326 e. The molecule has 4 atom stereocenters. The van der Waals surface area contributed by atoms with E-state index in [0.29, 0.717) is 12.3 Å². The summed E-state index contributed by atoms with van der Waals surface area (Å²) in [6.07, 6.45) is 7.09. The summed E-state index contributed by atoms with van der Waals surface area (Å²) in [6.45, 7) is 0. The van der Waals surface area contributed by atoms with Crippen molar-refractivity contribution in [3.8, 4) is 0 Å². The van der Waals surface area contributed by atoms with E-state index in [4.69, 9.17) is 0 Å². The van der Waals surface area contributed by atoms with E-state index >= 15 is 0 Å². The van der Waals surface area contributed by atoms with Crippen LogP contribution in [0.15, 0.2) is 0 Å². The maximum absolute atomic E-state index is 12.7. The summed E-state index contributed by atoms with van der Waals surface area (Å²) in [5.41, 5.74) is 0. The van der Waals surface area contributed by atoms with Crippen molar-refractivity contribution in [3.63, 3.8) is 0 Å². The largest absolute Gasteiger partial charge is 0.480 e. The van der Waals surface area contributed by atoms with Gasteiger partial charge in [0.2, 0.25) is 5.91 Å². The number of carboxylic acids is 1. The molecule has 3 aliphatic rings. The number of aliphatic carboxylic acids is 1. The first kappa shape index (κ1) is 13.3. The molecule has 106 valence electrons. The number of carbonyl (C=O) groups excluding carboxylic acids is 1. The Kier molecular flexibility index (Phi) is 3.74. The highest BCUT2D eigenvalue weighted by Gasteiger charge is 2.49. The molecule has 3 rings (SSSR count). The van der Waals surface area contributed by atoms with Crippen molar-refractivity contribution in [1.29, 1.82) is 0 Å². The molecule has 1 amide bonds. The smallest absolute Gasteiger partial charge is 0.326 e. The molecule has 0 aromatic carbocycles. The van der Waals surface area contributed by atoms with Gasteiger partial charge in [-0.05, 0) is 43.8 Å². The molecule has 2 heterocycles. The minimum atomic E-state index is -0.814. The zero-order valence-electron chi connectivity index (χ0n) is 11.1. The Bertz CT molecular complexity index is 381. The second-order valence-corrected chi connectivity index (χ2v) is 7.26. The highest BCUT2D eigenvalue weighted by atomic mass is 32.2. The number of thioether (sulfide) groups is 1. The second kappa shape index (κ2) is 5.35. The van der Waals surface area contributed by atoms with Crippen LogP contribution in [0.1, 0.15) is 44.9 Å². The molecule has 0 radical (unpaired) electrons. The van der Waals surface area contributed by atoms with Crippen LogP contribution >= 0.6 is 11.8 Å². The summed E-state index contributed by atoms with van der Waals surface area (Å²) >= 11 is 1.71. The van der Waals surface area contributed by atoms with Crippen molar-refractivity contribution in [2.75, 3.05) is 5.75 Å². The van der Waals surface area contributed by atoms with E-state index in [9.17, 15) is 14.7 Å². The normalized spacial score (nSPS) is 38.2. The van der Waals surface area contributed by atoms with Crippen LogP contribution in [0.25, 0.3) is 0 Å². The van der Waals surface area contributed by atoms with Crippen molar-refractivity contribution in [2.45, 2.75) is 62.3 Å². The molecule has 4 unspecified atom stereocenters. The molecule has 0 bridgehead atoms. The topological polar surface area (TPSA) is 57.6 Å². The summed E-state index contributed by atoms with van der Waals surface area (Å²) < 4.78 is 0. The van der Waals surface area contributed by atoms with Crippen molar-refractivity contribution < 1.29 is 14.7 Å². The van der Waals surface area contributed by atoms with Crippen LogP contribution in [0.4, 0.5) is 0 Å². The Morgan fingerprint density at radius 1 is 1.11 bits per heavy atom. The summed E-state index contributed by atoms with van der Waals surface area (Å²) in [5.74, 6) is 0.746. The van der Waals surface area contributed by atoms with E-state index in [0.717, 1.165) is 37.9 Å².